The monoisotopic (exact) mass is 361 g/mol. The van der Waals surface area contributed by atoms with Crippen LogP contribution < -0.4 is 11.5 Å². The Kier molecular flexibility index (Phi) is 8.08. The van der Waals surface area contributed by atoms with Gasteiger partial charge in [0, 0.05) is 12.6 Å². The molecule has 0 amide bonds. The lowest BCUT2D eigenvalue weighted by atomic mass is 10.1. The SMILES string of the molecule is CC(C)CN([C@H](CO)CCCCN)S(=O)(=O)c1ccc(F)c(N)c1. The molecule has 0 fully saturated rings. The van der Waals surface area contributed by atoms with Crippen LogP contribution in [0.25, 0.3) is 0 Å². The van der Waals surface area contributed by atoms with Gasteiger partial charge in [0.05, 0.1) is 17.2 Å². The number of aliphatic hydroxyl groups excluding tert-OH is 1. The van der Waals surface area contributed by atoms with Crippen molar-refractivity contribution < 1.29 is 17.9 Å². The van der Waals surface area contributed by atoms with Crippen LogP contribution in [-0.2, 0) is 10.0 Å². The van der Waals surface area contributed by atoms with Gasteiger partial charge in [0.15, 0.2) is 0 Å². The van der Waals surface area contributed by atoms with E-state index in [1.54, 1.807) is 0 Å². The van der Waals surface area contributed by atoms with Crippen molar-refractivity contribution in [3.8, 4) is 0 Å². The predicted molar refractivity (Wildman–Crippen MR) is 93.3 cm³/mol. The molecule has 0 radical (unpaired) electrons. The third-order valence-electron chi connectivity index (χ3n) is 3.73. The van der Waals surface area contributed by atoms with Crippen LogP contribution in [0.2, 0.25) is 0 Å². The highest BCUT2D eigenvalue weighted by Gasteiger charge is 2.31. The Bertz CT molecular complexity index is 623. The molecule has 24 heavy (non-hydrogen) atoms. The molecule has 1 atom stereocenters. The number of nitrogen functional groups attached to an aromatic ring is 1. The zero-order valence-electron chi connectivity index (χ0n) is 14.3. The van der Waals surface area contributed by atoms with Crippen molar-refractivity contribution in [1.82, 2.24) is 4.31 Å². The second-order valence-electron chi connectivity index (χ2n) is 6.27. The molecule has 0 saturated carbocycles. The van der Waals surface area contributed by atoms with E-state index >= 15 is 0 Å². The van der Waals surface area contributed by atoms with E-state index in [0.29, 0.717) is 13.0 Å². The Morgan fingerprint density at radius 1 is 1.29 bits per heavy atom. The van der Waals surface area contributed by atoms with Crippen LogP contribution in [0, 0.1) is 11.7 Å². The maximum absolute atomic E-state index is 13.3. The number of nitrogens with zero attached hydrogens (tertiary/aromatic N) is 1. The third kappa shape index (κ3) is 5.41. The number of nitrogens with two attached hydrogens (primary N) is 2. The second kappa shape index (κ2) is 9.31. The first-order chi connectivity index (χ1) is 11.2. The smallest absolute Gasteiger partial charge is 0.243 e. The lowest BCUT2D eigenvalue weighted by Crippen LogP contribution is -2.44. The Hall–Kier alpha value is -1.22. The van der Waals surface area contributed by atoms with E-state index in [1.165, 1.54) is 10.4 Å². The van der Waals surface area contributed by atoms with Gasteiger partial charge < -0.3 is 16.6 Å². The first-order valence-corrected chi connectivity index (χ1v) is 9.55. The summed E-state index contributed by atoms with van der Waals surface area (Å²) in [6.45, 7) is 4.29. The van der Waals surface area contributed by atoms with Crippen molar-refractivity contribution in [2.75, 3.05) is 25.4 Å². The lowest BCUT2D eigenvalue weighted by molar-refractivity contribution is 0.168. The number of aliphatic hydroxyl groups is 1. The van der Waals surface area contributed by atoms with E-state index in [2.05, 4.69) is 0 Å². The maximum atomic E-state index is 13.3. The van der Waals surface area contributed by atoms with Gasteiger partial charge in [0.2, 0.25) is 10.0 Å². The van der Waals surface area contributed by atoms with Crippen LogP contribution in [0.3, 0.4) is 0 Å². The minimum atomic E-state index is -3.89. The van der Waals surface area contributed by atoms with E-state index < -0.39 is 21.9 Å². The van der Waals surface area contributed by atoms with E-state index in [9.17, 15) is 17.9 Å². The summed E-state index contributed by atoms with van der Waals surface area (Å²) in [6.07, 6.45) is 1.99. The topological polar surface area (TPSA) is 110 Å². The molecule has 1 aromatic carbocycles. The highest BCUT2D eigenvalue weighted by molar-refractivity contribution is 7.89. The molecule has 0 bridgehead atoms. The summed E-state index contributed by atoms with van der Waals surface area (Å²) in [7, 11) is -3.89. The van der Waals surface area contributed by atoms with Crippen molar-refractivity contribution in [1.29, 1.82) is 0 Å². The normalized spacial score (nSPS) is 13.6. The van der Waals surface area contributed by atoms with Crippen LogP contribution in [0.15, 0.2) is 23.1 Å². The summed E-state index contributed by atoms with van der Waals surface area (Å²) < 4.78 is 40.6. The third-order valence-corrected chi connectivity index (χ3v) is 5.64. The molecule has 8 heteroatoms. The maximum Gasteiger partial charge on any atom is 0.243 e. The summed E-state index contributed by atoms with van der Waals surface area (Å²) in [5.74, 6) is -0.591. The van der Waals surface area contributed by atoms with Crippen molar-refractivity contribution in [3.63, 3.8) is 0 Å². The molecule has 0 aliphatic rings. The quantitative estimate of drug-likeness (QED) is 0.433. The van der Waals surface area contributed by atoms with Gasteiger partial charge in [-0.1, -0.05) is 20.3 Å². The average molecular weight is 361 g/mol. The summed E-state index contributed by atoms with van der Waals surface area (Å²) >= 11 is 0. The number of anilines is 1. The first kappa shape index (κ1) is 20.8. The summed E-state index contributed by atoms with van der Waals surface area (Å²) in [5.41, 5.74) is 10.8. The zero-order valence-corrected chi connectivity index (χ0v) is 15.1. The molecule has 0 aliphatic carbocycles. The predicted octanol–water partition coefficient (Wildman–Crippen LogP) is 1.54. The van der Waals surface area contributed by atoms with Gasteiger partial charge in [-0.25, -0.2) is 12.8 Å². The molecule has 6 nitrogen and oxygen atoms in total. The summed E-state index contributed by atoms with van der Waals surface area (Å²) in [6, 6.07) is 2.81. The first-order valence-electron chi connectivity index (χ1n) is 8.11. The fraction of sp³-hybridized carbons (Fsp3) is 0.625. The molecule has 0 saturated heterocycles. The minimum Gasteiger partial charge on any atom is -0.396 e. The Labute approximate surface area is 143 Å². The van der Waals surface area contributed by atoms with Crippen LogP contribution in [0.5, 0.6) is 0 Å². The molecule has 138 valence electrons. The molecule has 1 aromatic rings. The van der Waals surface area contributed by atoms with Gasteiger partial charge in [-0.15, -0.1) is 0 Å². The molecule has 0 spiro atoms. The number of benzene rings is 1. The molecule has 5 N–H and O–H groups in total. The minimum absolute atomic E-state index is 0.0701. The highest BCUT2D eigenvalue weighted by Crippen LogP contribution is 2.24. The van der Waals surface area contributed by atoms with Crippen LogP contribution >= 0.6 is 0 Å². The van der Waals surface area contributed by atoms with E-state index in [4.69, 9.17) is 11.5 Å². The number of halogens is 1. The van der Waals surface area contributed by atoms with Gasteiger partial charge in [0.25, 0.3) is 0 Å². The summed E-state index contributed by atoms with van der Waals surface area (Å²) in [4.78, 5) is -0.0701. The Morgan fingerprint density at radius 3 is 2.46 bits per heavy atom. The largest absolute Gasteiger partial charge is 0.396 e. The standard InChI is InChI=1S/C16H28FN3O3S/c1-12(2)10-20(13(11-21)5-3-4-8-18)24(22,23)14-6-7-15(17)16(19)9-14/h6-7,9,12-13,21H,3-5,8,10-11,18-19H2,1-2H3/t13-/m0/s1. The molecule has 0 aromatic heterocycles. The Morgan fingerprint density at radius 2 is 1.96 bits per heavy atom. The van der Waals surface area contributed by atoms with Gasteiger partial charge in [0.1, 0.15) is 5.82 Å². The number of hydrogen-bond donors (Lipinski definition) is 3. The van der Waals surface area contributed by atoms with Gasteiger partial charge >= 0.3 is 0 Å². The number of unbranched alkanes of at least 4 members (excludes halogenated alkanes) is 1. The number of sulfonamides is 1. The van der Waals surface area contributed by atoms with Crippen LogP contribution in [0.4, 0.5) is 10.1 Å². The van der Waals surface area contributed by atoms with Crippen LogP contribution in [0.1, 0.15) is 33.1 Å². The molecule has 0 aliphatic heterocycles. The number of rotatable bonds is 10. The lowest BCUT2D eigenvalue weighted by Gasteiger charge is -2.31. The highest BCUT2D eigenvalue weighted by atomic mass is 32.2. The molecule has 0 heterocycles. The van der Waals surface area contributed by atoms with Crippen LogP contribution in [-0.4, -0.2) is 43.6 Å². The van der Waals surface area contributed by atoms with E-state index in [-0.39, 0.29) is 29.7 Å². The van der Waals surface area contributed by atoms with Crippen molar-refractivity contribution in [2.45, 2.75) is 44.0 Å². The van der Waals surface area contributed by atoms with Gasteiger partial charge in [-0.05, 0) is 43.5 Å². The molecular formula is C16H28FN3O3S. The number of hydrogen-bond acceptors (Lipinski definition) is 5. The van der Waals surface area contributed by atoms with Crippen molar-refractivity contribution >= 4 is 15.7 Å². The molecule has 1 rings (SSSR count). The summed E-state index contributed by atoms with van der Waals surface area (Å²) in [5, 5.41) is 9.70. The van der Waals surface area contributed by atoms with E-state index in [0.717, 1.165) is 25.0 Å². The van der Waals surface area contributed by atoms with Gasteiger partial charge in [-0.2, -0.15) is 4.31 Å². The zero-order chi connectivity index (χ0) is 18.3. The fourth-order valence-electron chi connectivity index (χ4n) is 2.47. The van der Waals surface area contributed by atoms with Gasteiger partial charge in [-0.3, -0.25) is 0 Å². The second-order valence-corrected chi connectivity index (χ2v) is 8.16. The Balaban J connectivity index is 3.17. The average Bonchev–Trinajstić information content (AvgIpc) is 2.52. The molecular weight excluding hydrogens is 333 g/mol. The van der Waals surface area contributed by atoms with E-state index in [1.807, 2.05) is 13.8 Å². The van der Waals surface area contributed by atoms with Crippen molar-refractivity contribution in [3.05, 3.63) is 24.0 Å². The fourth-order valence-corrected chi connectivity index (χ4v) is 4.32. The van der Waals surface area contributed by atoms with Crippen molar-refractivity contribution in [2.24, 2.45) is 11.7 Å². The molecule has 0 unspecified atom stereocenters.